The first-order valence-electron chi connectivity index (χ1n) is 9.94. The maximum atomic E-state index is 12.5. The Kier molecular flexibility index (Phi) is 6.11. The number of benzene rings is 1. The van der Waals surface area contributed by atoms with Gasteiger partial charge in [-0.2, -0.15) is 0 Å². The maximum absolute atomic E-state index is 12.5. The molecule has 0 saturated heterocycles. The van der Waals surface area contributed by atoms with Crippen molar-refractivity contribution in [3.63, 3.8) is 0 Å². The van der Waals surface area contributed by atoms with Crippen molar-refractivity contribution in [1.29, 1.82) is 0 Å². The van der Waals surface area contributed by atoms with Crippen LogP contribution in [0.1, 0.15) is 83.4 Å². The fraction of sp³-hybridized carbons (Fsp3) is 0.524. The van der Waals surface area contributed by atoms with Crippen molar-refractivity contribution in [3.05, 3.63) is 34.9 Å². The predicted molar refractivity (Wildman–Crippen MR) is 102 cm³/mol. The van der Waals surface area contributed by atoms with Crippen LogP contribution < -0.4 is 5.32 Å². The standard InChI is InChI=1S/C21H26N2O5/c1-3-4-11-23-19(25)16-10-9-14(12-17(16)20(23)26)21(27)28-13(2)18(24)22-15-7-5-6-8-15/h9-10,12-13,15H,3-8,11H2,1-2H3,(H,22,24)/t13-/m1/s1. The minimum Gasteiger partial charge on any atom is -0.449 e. The molecule has 3 amide bonds. The number of unbranched alkanes of at least 4 members (excludes halogenated alkanes) is 1. The van der Waals surface area contributed by atoms with Gasteiger partial charge in [-0.1, -0.05) is 26.2 Å². The molecule has 7 heteroatoms. The molecule has 1 saturated carbocycles. The van der Waals surface area contributed by atoms with E-state index in [-0.39, 0.29) is 29.0 Å². The van der Waals surface area contributed by atoms with Gasteiger partial charge >= 0.3 is 5.97 Å². The van der Waals surface area contributed by atoms with E-state index < -0.39 is 18.0 Å². The Balaban J connectivity index is 1.65. The van der Waals surface area contributed by atoms with Crippen molar-refractivity contribution in [2.75, 3.05) is 6.54 Å². The van der Waals surface area contributed by atoms with Crippen molar-refractivity contribution in [2.24, 2.45) is 0 Å². The van der Waals surface area contributed by atoms with Crippen molar-refractivity contribution >= 4 is 23.7 Å². The van der Waals surface area contributed by atoms with Crippen LogP contribution in [0.15, 0.2) is 18.2 Å². The van der Waals surface area contributed by atoms with Crippen LogP contribution in [0.5, 0.6) is 0 Å². The molecule has 7 nitrogen and oxygen atoms in total. The topological polar surface area (TPSA) is 92.8 Å². The largest absolute Gasteiger partial charge is 0.449 e. The Morgan fingerprint density at radius 2 is 1.86 bits per heavy atom. The van der Waals surface area contributed by atoms with E-state index in [0.717, 1.165) is 38.5 Å². The molecule has 0 unspecified atom stereocenters. The van der Waals surface area contributed by atoms with Gasteiger partial charge in [-0.05, 0) is 44.4 Å². The molecule has 1 aromatic rings. The highest BCUT2D eigenvalue weighted by molar-refractivity contribution is 6.22. The van der Waals surface area contributed by atoms with E-state index in [1.165, 1.54) is 30.0 Å². The summed E-state index contributed by atoms with van der Waals surface area (Å²) in [6.45, 7) is 3.87. The fourth-order valence-corrected chi connectivity index (χ4v) is 3.61. The van der Waals surface area contributed by atoms with Crippen LogP contribution in [-0.2, 0) is 9.53 Å². The van der Waals surface area contributed by atoms with Gasteiger partial charge in [-0.15, -0.1) is 0 Å². The molecule has 1 atom stereocenters. The molecule has 1 aliphatic heterocycles. The molecule has 1 N–H and O–H groups in total. The van der Waals surface area contributed by atoms with Crippen LogP contribution in [0.3, 0.4) is 0 Å². The molecular formula is C21H26N2O5. The van der Waals surface area contributed by atoms with E-state index in [4.69, 9.17) is 4.74 Å². The van der Waals surface area contributed by atoms with E-state index in [9.17, 15) is 19.2 Å². The average Bonchev–Trinajstić information content (AvgIpc) is 3.27. The van der Waals surface area contributed by atoms with Crippen molar-refractivity contribution in [2.45, 2.75) is 64.5 Å². The van der Waals surface area contributed by atoms with Crippen LogP contribution >= 0.6 is 0 Å². The second-order valence-electron chi connectivity index (χ2n) is 7.41. The van der Waals surface area contributed by atoms with E-state index >= 15 is 0 Å². The summed E-state index contributed by atoms with van der Waals surface area (Å²) in [7, 11) is 0. The van der Waals surface area contributed by atoms with Crippen LogP contribution in [0.2, 0.25) is 0 Å². The zero-order valence-electron chi connectivity index (χ0n) is 16.3. The average molecular weight is 386 g/mol. The molecule has 150 valence electrons. The van der Waals surface area contributed by atoms with Crippen molar-refractivity contribution in [3.8, 4) is 0 Å². The zero-order chi connectivity index (χ0) is 20.3. The molecular weight excluding hydrogens is 360 g/mol. The molecule has 1 heterocycles. The van der Waals surface area contributed by atoms with Gasteiger partial charge in [0, 0.05) is 12.6 Å². The number of hydrogen-bond donors (Lipinski definition) is 1. The lowest BCUT2D eigenvalue weighted by atomic mass is 10.1. The Bertz CT molecular complexity index is 798. The Morgan fingerprint density at radius 1 is 1.18 bits per heavy atom. The first-order chi connectivity index (χ1) is 13.4. The van der Waals surface area contributed by atoms with E-state index in [1.807, 2.05) is 6.92 Å². The number of nitrogens with zero attached hydrogens (tertiary/aromatic N) is 1. The summed E-state index contributed by atoms with van der Waals surface area (Å²) in [6, 6.07) is 4.45. The summed E-state index contributed by atoms with van der Waals surface area (Å²) < 4.78 is 5.26. The highest BCUT2D eigenvalue weighted by Crippen LogP contribution is 2.25. The number of imide groups is 1. The highest BCUT2D eigenvalue weighted by atomic mass is 16.5. The van der Waals surface area contributed by atoms with E-state index in [0.29, 0.717) is 12.1 Å². The molecule has 1 aliphatic carbocycles. The second-order valence-corrected chi connectivity index (χ2v) is 7.41. The van der Waals surface area contributed by atoms with Gasteiger partial charge in [0.05, 0.1) is 16.7 Å². The number of hydrogen-bond acceptors (Lipinski definition) is 5. The van der Waals surface area contributed by atoms with Crippen LogP contribution in [0, 0.1) is 0 Å². The van der Waals surface area contributed by atoms with Gasteiger partial charge in [0.25, 0.3) is 17.7 Å². The molecule has 2 aliphatic rings. The zero-order valence-corrected chi connectivity index (χ0v) is 16.3. The summed E-state index contributed by atoms with van der Waals surface area (Å²) in [4.78, 5) is 50.7. The molecule has 0 aromatic heterocycles. The summed E-state index contributed by atoms with van der Waals surface area (Å²) in [6.07, 6.45) is 4.75. The number of carbonyl (C=O) groups is 4. The van der Waals surface area contributed by atoms with E-state index in [2.05, 4.69) is 5.32 Å². The molecule has 1 aromatic carbocycles. The van der Waals surface area contributed by atoms with Gasteiger partial charge < -0.3 is 10.1 Å². The van der Waals surface area contributed by atoms with Gasteiger partial charge in [-0.3, -0.25) is 19.3 Å². The number of esters is 1. The quantitative estimate of drug-likeness (QED) is 0.574. The minimum atomic E-state index is -0.931. The maximum Gasteiger partial charge on any atom is 0.338 e. The third-order valence-electron chi connectivity index (χ3n) is 5.30. The fourth-order valence-electron chi connectivity index (χ4n) is 3.61. The Morgan fingerprint density at radius 3 is 2.54 bits per heavy atom. The molecule has 0 radical (unpaired) electrons. The molecule has 28 heavy (non-hydrogen) atoms. The minimum absolute atomic E-state index is 0.145. The molecule has 0 spiro atoms. The predicted octanol–water partition coefficient (Wildman–Crippen LogP) is 2.69. The molecule has 3 rings (SSSR count). The third-order valence-corrected chi connectivity index (χ3v) is 5.30. The van der Waals surface area contributed by atoms with Crippen LogP contribution in [0.4, 0.5) is 0 Å². The summed E-state index contributed by atoms with van der Waals surface area (Å²) in [5.41, 5.74) is 0.654. The van der Waals surface area contributed by atoms with Gasteiger partial charge in [0.2, 0.25) is 0 Å². The van der Waals surface area contributed by atoms with Crippen molar-refractivity contribution < 1.29 is 23.9 Å². The smallest absolute Gasteiger partial charge is 0.338 e. The summed E-state index contributed by atoms with van der Waals surface area (Å²) in [5, 5.41) is 2.89. The number of amides is 3. The summed E-state index contributed by atoms with van der Waals surface area (Å²) >= 11 is 0. The Hall–Kier alpha value is -2.70. The highest BCUT2D eigenvalue weighted by Gasteiger charge is 2.35. The monoisotopic (exact) mass is 386 g/mol. The first kappa shape index (κ1) is 20.0. The number of ether oxygens (including phenoxy) is 1. The normalized spacial score (nSPS) is 17.6. The van der Waals surface area contributed by atoms with Gasteiger partial charge in [0.1, 0.15) is 0 Å². The first-order valence-corrected chi connectivity index (χ1v) is 9.94. The lowest BCUT2D eigenvalue weighted by Gasteiger charge is -2.17. The number of fused-ring (bicyclic) bond motifs is 1. The summed E-state index contributed by atoms with van der Waals surface area (Å²) in [5.74, 6) is -1.74. The van der Waals surface area contributed by atoms with E-state index in [1.54, 1.807) is 0 Å². The van der Waals surface area contributed by atoms with Gasteiger partial charge in [0.15, 0.2) is 6.10 Å². The lowest BCUT2D eigenvalue weighted by Crippen LogP contribution is -2.40. The molecule has 0 bridgehead atoms. The Labute approximate surface area is 164 Å². The molecule has 1 fully saturated rings. The van der Waals surface area contributed by atoms with Crippen LogP contribution in [-0.4, -0.2) is 47.3 Å². The number of rotatable bonds is 7. The van der Waals surface area contributed by atoms with Gasteiger partial charge in [-0.25, -0.2) is 4.79 Å². The SMILES string of the molecule is CCCCN1C(=O)c2ccc(C(=O)O[C@H](C)C(=O)NC3CCCC3)cc2C1=O. The van der Waals surface area contributed by atoms with Crippen LogP contribution in [0.25, 0.3) is 0 Å². The second kappa shape index (κ2) is 8.54. The number of nitrogens with one attached hydrogen (secondary N) is 1. The van der Waals surface area contributed by atoms with Crippen molar-refractivity contribution in [1.82, 2.24) is 10.2 Å². The lowest BCUT2D eigenvalue weighted by molar-refractivity contribution is -0.129. The third kappa shape index (κ3) is 4.08. The number of carbonyl (C=O) groups excluding carboxylic acids is 4.